The molecule has 20 heavy (non-hydrogen) atoms. The van der Waals surface area contributed by atoms with Gasteiger partial charge in [-0.05, 0) is 19.1 Å². The molecule has 0 radical (unpaired) electrons. The summed E-state index contributed by atoms with van der Waals surface area (Å²) in [4.78, 5) is 8.34. The van der Waals surface area contributed by atoms with Crippen molar-refractivity contribution in [3.8, 4) is 5.75 Å². The Morgan fingerprint density at radius 1 is 1.20 bits per heavy atom. The summed E-state index contributed by atoms with van der Waals surface area (Å²) < 4.78 is 29.1. The van der Waals surface area contributed by atoms with Crippen molar-refractivity contribution >= 4 is 17.5 Å². The first kappa shape index (κ1) is 14.0. The summed E-state index contributed by atoms with van der Waals surface area (Å²) >= 11 is 0. The molecule has 0 aliphatic rings. The van der Waals surface area contributed by atoms with E-state index < -0.39 is 6.61 Å². The number of hydrogen-bond acceptors (Lipinski definition) is 5. The minimum atomic E-state index is -2.88. The number of ether oxygens (including phenoxy) is 1. The molecule has 0 spiro atoms. The number of nitrogens with zero attached hydrogens (tertiary/aromatic N) is 2. The zero-order valence-electron chi connectivity index (χ0n) is 11.0. The molecule has 0 saturated heterocycles. The Labute approximate surface area is 115 Å². The molecule has 0 aliphatic carbocycles. The molecule has 2 aromatic rings. The summed E-state index contributed by atoms with van der Waals surface area (Å²) in [5.41, 5.74) is 1.16. The van der Waals surface area contributed by atoms with Crippen LogP contribution in [0.1, 0.15) is 5.69 Å². The second-order valence-corrected chi connectivity index (χ2v) is 3.97. The summed E-state index contributed by atoms with van der Waals surface area (Å²) in [5, 5.41) is 5.77. The molecular weight excluding hydrogens is 266 g/mol. The van der Waals surface area contributed by atoms with Crippen molar-refractivity contribution in [3.63, 3.8) is 0 Å². The number of rotatable bonds is 5. The van der Waals surface area contributed by atoms with Crippen LogP contribution in [0.15, 0.2) is 30.3 Å². The monoisotopic (exact) mass is 280 g/mol. The van der Waals surface area contributed by atoms with Crippen LogP contribution in [-0.4, -0.2) is 23.6 Å². The first-order valence-corrected chi connectivity index (χ1v) is 5.93. The average molecular weight is 280 g/mol. The minimum absolute atomic E-state index is 0.0600. The molecule has 7 heteroatoms. The number of para-hydroxylation sites is 2. The minimum Gasteiger partial charge on any atom is -0.433 e. The van der Waals surface area contributed by atoms with Gasteiger partial charge in [0.05, 0.1) is 5.69 Å². The highest BCUT2D eigenvalue weighted by atomic mass is 19.3. The predicted molar refractivity (Wildman–Crippen MR) is 72.7 cm³/mol. The molecular formula is C13H14F2N4O. The fourth-order valence-electron chi connectivity index (χ4n) is 1.65. The largest absolute Gasteiger partial charge is 0.433 e. The molecule has 2 rings (SSSR count). The highest BCUT2D eigenvalue weighted by Crippen LogP contribution is 2.28. The number of alkyl halides is 2. The number of halogens is 2. The molecule has 0 aliphatic heterocycles. The third kappa shape index (κ3) is 3.53. The van der Waals surface area contributed by atoms with Crippen molar-refractivity contribution in [1.82, 2.24) is 9.97 Å². The Morgan fingerprint density at radius 3 is 2.65 bits per heavy atom. The van der Waals surface area contributed by atoms with E-state index in [2.05, 4.69) is 25.3 Å². The van der Waals surface area contributed by atoms with E-state index in [-0.39, 0.29) is 5.75 Å². The molecule has 0 saturated carbocycles. The van der Waals surface area contributed by atoms with Gasteiger partial charge in [0.25, 0.3) is 0 Å². The van der Waals surface area contributed by atoms with E-state index in [1.165, 1.54) is 6.07 Å². The van der Waals surface area contributed by atoms with E-state index in [9.17, 15) is 8.78 Å². The second kappa shape index (κ2) is 6.14. The normalized spacial score (nSPS) is 10.4. The maximum atomic E-state index is 12.3. The average Bonchev–Trinajstić information content (AvgIpc) is 2.39. The quantitative estimate of drug-likeness (QED) is 0.881. The van der Waals surface area contributed by atoms with E-state index >= 15 is 0 Å². The predicted octanol–water partition coefficient (Wildman–Crippen LogP) is 3.17. The van der Waals surface area contributed by atoms with Gasteiger partial charge in [-0.1, -0.05) is 12.1 Å². The van der Waals surface area contributed by atoms with Crippen LogP contribution in [0.2, 0.25) is 0 Å². The van der Waals surface area contributed by atoms with Gasteiger partial charge in [-0.2, -0.15) is 13.8 Å². The molecule has 1 aromatic carbocycles. The van der Waals surface area contributed by atoms with Gasteiger partial charge >= 0.3 is 6.61 Å². The molecule has 0 atom stereocenters. The maximum Gasteiger partial charge on any atom is 0.387 e. The van der Waals surface area contributed by atoms with Crippen LogP contribution >= 0.6 is 0 Å². The van der Waals surface area contributed by atoms with Crippen molar-refractivity contribution in [2.24, 2.45) is 0 Å². The fraction of sp³-hybridized carbons (Fsp3) is 0.231. The molecule has 0 amide bonds. The van der Waals surface area contributed by atoms with Gasteiger partial charge in [-0.3, -0.25) is 0 Å². The van der Waals surface area contributed by atoms with Crippen LogP contribution < -0.4 is 15.4 Å². The van der Waals surface area contributed by atoms with Crippen molar-refractivity contribution in [2.45, 2.75) is 13.5 Å². The summed E-state index contributed by atoms with van der Waals surface area (Å²) in [6.07, 6.45) is 0. The molecule has 1 aromatic heterocycles. The van der Waals surface area contributed by atoms with Gasteiger partial charge in [0.2, 0.25) is 5.95 Å². The van der Waals surface area contributed by atoms with Crippen molar-refractivity contribution in [2.75, 3.05) is 17.7 Å². The zero-order valence-corrected chi connectivity index (χ0v) is 11.0. The lowest BCUT2D eigenvalue weighted by Crippen LogP contribution is -2.06. The smallest absolute Gasteiger partial charge is 0.387 e. The molecule has 1 heterocycles. The summed E-state index contributed by atoms with van der Waals surface area (Å²) in [6.45, 7) is -1.06. The van der Waals surface area contributed by atoms with Crippen molar-refractivity contribution in [3.05, 3.63) is 36.0 Å². The third-order valence-electron chi connectivity index (χ3n) is 2.44. The highest BCUT2D eigenvalue weighted by molar-refractivity contribution is 5.64. The van der Waals surface area contributed by atoms with Gasteiger partial charge in [-0.15, -0.1) is 0 Å². The third-order valence-corrected chi connectivity index (χ3v) is 2.44. The van der Waals surface area contributed by atoms with Crippen molar-refractivity contribution in [1.29, 1.82) is 0 Å². The highest BCUT2D eigenvalue weighted by Gasteiger charge is 2.10. The fourth-order valence-corrected chi connectivity index (χ4v) is 1.65. The number of nitrogens with one attached hydrogen (secondary N) is 2. The van der Waals surface area contributed by atoms with Gasteiger partial charge in [0.1, 0.15) is 11.6 Å². The zero-order chi connectivity index (χ0) is 14.5. The van der Waals surface area contributed by atoms with Crippen LogP contribution in [0.4, 0.5) is 26.2 Å². The second-order valence-electron chi connectivity index (χ2n) is 3.97. The molecule has 0 unspecified atom stereocenters. The van der Waals surface area contributed by atoms with E-state index in [0.29, 0.717) is 17.5 Å². The number of benzene rings is 1. The first-order valence-electron chi connectivity index (χ1n) is 5.93. The molecule has 2 N–H and O–H groups in total. The van der Waals surface area contributed by atoms with Crippen LogP contribution in [-0.2, 0) is 0 Å². The maximum absolute atomic E-state index is 12.3. The summed E-state index contributed by atoms with van der Waals surface area (Å²) in [5.74, 6) is 0.997. The van der Waals surface area contributed by atoms with Crippen LogP contribution in [0, 0.1) is 6.92 Å². The van der Waals surface area contributed by atoms with Crippen LogP contribution in [0.3, 0.4) is 0 Å². The Morgan fingerprint density at radius 2 is 1.95 bits per heavy atom. The topological polar surface area (TPSA) is 59.1 Å². The SMILES string of the molecule is CNc1nc(C)cc(Nc2ccccc2OC(F)F)n1. The lowest BCUT2D eigenvalue weighted by Gasteiger charge is -2.12. The van der Waals surface area contributed by atoms with Gasteiger partial charge in [0, 0.05) is 18.8 Å². The number of aromatic nitrogens is 2. The molecule has 5 nitrogen and oxygen atoms in total. The lowest BCUT2D eigenvalue weighted by molar-refractivity contribution is -0.0493. The van der Waals surface area contributed by atoms with E-state index in [4.69, 9.17) is 0 Å². The Kier molecular flexibility index (Phi) is 4.29. The van der Waals surface area contributed by atoms with E-state index in [0.717, 1.165) is 5.69 Å². The number of hydrogen-bond donors (Lipinski definition) is 2. The van der Waals surface area contributed by atoms with Crippen LogP contribution in [0.5, 0.6) is 5.75 Å². The Bertz CT molecular complexity index is 592. The first-order chi connectivity index (χ1) is 9.58. The lowest BCUT2D eigenvalue weighted by atomic mass is 10.3. The standard InChI is InChI=1S/C13H14F2N4O/c1-8-7-11(19-13(16-2)17-8)18-9-5-3-4-6-10(9)20-12(14)15/h3-7,12H,1-2H3,(H2,16,17,18,19). The van der Waals surface area contributed by atoms with Gasteiger partial charge in [-0.25, -0.2) is 4.98 Å². The number of aryl methyl sites for hydroxylation is 1. The molecule has 106 valence electrons. The molecule has 0 fully saturated rings. The van der Waals surface area contributed by atoms with Crippen LogP contribution in [0.25, 0.3) is 0 Å². The Hall–Kier alpha value is -2.44. The van der Waals surface area contributed by atoms with E-state index in [1.54, 1.807) is 31.3 Å². The van der Waals surface area contributed by atoms with E-state index in [1.807, 2.05) is 6.92 Å². The van der Waals surface area contributed by atoms with Gasteiger partial charge in [0.15, 0.2) is 0 Å². The summed E-state index contributed by atoms with van der Waals surface area (Å²) in [7, 11) is 1.70. The van der Waals surface area contributed by atoms with Crippen molar-refractivity contribution < 1.29 is 13.5 Å². The number of anilines is 3. The molecule has 0 bridgehead atoms. The Balaban J connectivity index is 2.27. The summed E-state index contributed by atoms with van der Waals surface area (Å²) in [6, 6.07) is 8.14. The van der Waals surface area contributed by atoms with Gasteiger partial charge < -0.3 is 15.4 Å².